The first kappa shape index (κ1) is 17.3. The molecule has 2 aromatic rings. The number of nitrogens with zero attached hydrogens (tertiary/aromatic N) is 4. The molecule has 3 rings (SSSR count). The fourth-order valence-electron chi connectivity index (χ4n) is 2.68. The molecule has 0 atom stereocenters. The van der Waals surface area contributed by atoms with E-state index in [0.717, 1.165) is 45.1 Å². The van der Waals surface area contributed by atoms with Gasteiger partial charge in [-0.2, -0.15) is 0 Å². The Morgan fingerprint density at radius 1 is 1.24 bits per heavy atom. The van der Waals surface area contributed by atoms with Crippen molar-refractivity contribution >= 4 is 17.4 Å². The first-order valence-electron chi connectivity index (χ1n) is 8.43. The first-order chi connectivity index (χ1) is 12.2. The van der Waals surface area contributed by atoms with Gasteiger partial charge in [-0.3, -0.25) is 9.69 Å². The lowest BCUT2D eigenvalue weighted by molar-refractivity contribution is 0.0398. The summed E-state index contributed by atoms with van der Waals surface area (Å²) < 4.78 is 5.34. The third-order valence-corrected chi connectivity index (χ3v) is 4.17. The Bertz CT molecular complexity index is 689. The molecule has 0 radical (unpaired) electrons. The highest BCUT2D eigenvalue weighted by atomic mass is 16.5. The van der Waals surface area contributed by atoms with E-state index >= 15 is 0 Å². The van der Waals surface area contributed by atoms with Crippen molar-refractivity contribution in [1.82, 2.24) is 14.9 Å². The van der Waals surface area contributed by atoms with E-state index in [9.17, 15) is 4.79 Å². The van der Waals surface area contributed by atoms with Gasteiger partial charge in [-0.15, -0.1) is 0 Å². The van der Waals surface area contributed by atoms with E-state index in [0.29, 0.717) is 11.5 Å². The van der Waals surface area contributed by atoms with Crippen LogP contribution in [0.15, 0.2) is 42.7 Å². The quantitative estimate of drug-likeness (QED) is 0.859. The number of hydrogen-bond acceptors (Lipinski definition) is 6. The number of nitrogens with one attached hydrogen (secondary N) is 1. The van der Waals surface area contributed by atoms with Crippen LogP contribution in [0, 0.1) is 0 Å². The second-order valence-corrected chi connectivity index (χ2v) is 5.87. The fourth-order valence-corrected chi connectivity index (χ4v) is 2.68. The summed E-state index contributed by atoms with van der Waals surface area (Å²) in [6.45, 7) is 5.17. The number of para-hydroxylation sites is 1. The number of anilines is 2. The lowest BCUT2D eigenvalue weighted by atomic mass is 10.2. The van der Waals surface area contributed by atoms with Crippen LogP contribution in [0.4, 0.5) is 11.5 Å². The summed E-state index contributed by atoms with van der Waals surface area (Å²) >= 11 is 0. The van der Waals surface area contributed by atoms with E-state index < -0.39 is 0 Å². The zero-order valence-electron chi connectivity index (χ0n) is 14.4. The molecule has 0 unspecified atom stereocenters. The van der Waals surface area contributed by atoms with Crippen molar-refractivity contribution in [3.63, 3.8) is 0 Å². The Morgan fingerprint density at radius 3 is 2.76 bits per heavy atom. The van der Waals surface area contributed by atoms with Gasteiger partial charge in [0, 0.05) is 45.0 Å². The fraction of sp³-hybridized carbons (Fsp3) is 0.389. The zero-order chi connectivity index (χ0) is 17.5. The molecule has 132 valence electrons. The van der Waals surface area contributed by atoms with Crippen LogP contribution in [0.1, 0.15) is 10.5 Å². The van der Waals surface area contributed by atoms with Gasteiger partial charge in [-0.1, -0.05) is 18.2 Å². The van der Waals surface area contributed by atoms with Crippen molar-refractivity contribution in [3.05, 3.63) is 48.4 Å². The van der Waals surface area contributed by atoms with Gasteiger partial charge in [0.15, 0.2) is 0 Å². The molecule has 25 heavy (non-hydrogen) atoms. The highest BCUT2D eigenvalue weighted by molar-refractivity contribution is 6.04. The summed E-state index contributed by atoms with van der Waals surface area (Å²) in [4.78, 5) is 24.8. The largest absolute Gasteiger partial charge is 0.379 e. The first-order valence-corrected chi connectivity index (χ1v) is 8.43. The molecule has 0 saturated carbocycles. The van der Waals surface area contributed by atoms with Gasteiger partial charge in [0.2, 0.25) is 0 Å². The van der Waals surface area contributed by atoms with Gasteiger partial charge in [-0.25, -0.2) is 9.97 Å². The molecule has 1 saturated heterocycles. The number of hydrogen-bond donors (Lipinski definition) is 1. The maximum absolute atomic E-state index is 12.6. The maximum atomic E-state index is 12.6. The van der Waals surface area contributed by atoms with Gasteiger partial charge in [-0.05, 0) is 12.1 Å². The zero-order valence-corrected chi connectivity index (χ0v) is 14.4. The second-order valence-electron chi connectivity index (χ2n) is 5.87. The molecule has 7 nitrogen and oxygen atoms in total. The number of benzene rings is 1. The lowest BCUT2D eigenvalue weighted by Crippen LogP contribution is -2.39. The van der Waals surface area contributed by atoms with Crippen LogP contribution in [0.25, 0.3) is 0 Å². The SMILES string of the molecule is CN(C(=O)c1cc(NCCN2CCOCC2)ncn1)c1ccccc1. The average molecular weight is 341 g/mol. The predicted octanol–water partition coefficient (Wildman–Crippen LogP) is 1.50. The smallest absolute Gasteiger partial charge is 0.276 e. The van der Waals surface area contributed by atoms with Crippen LogP contribution in [0.5, 0.6) is 0 Å². The number of carbonyl (C=O) groups excluding carboxylic acids is 1. The van der Waals surface area contributed by atoms with E-state index in [4.69, 9.17) is 4.74 Å². The van der Waals surface area contributed by atoms with Crippen LogP contribution in [-0.4, -0.2) is 67.2 Å². The van der Waals surface area contributed by atoms with Crippen molar-refractivity contribution in [2.45, 2.75) is 0 Å². The molecule has 7 heteroatoms. The maximum Gasteiger partial charge on any atom is 0.276 e. The third-order valence-electron chi connectivity index (χ3n) is 4.17. The van der Waals surface area contributed by atoms with Crippen LogP contribution in [-0.2, 0) is 4.74 Å². The van der Waals surface area contributed by atoms with Crippen molar-refractivity contribution in [2.24, 2.45) is 0 Å². The van der Waals surface area contributed by atoms with Crippen LogP contribution in [0.2, 0.25) is 0 Å². The van der Waals surface area contributed by atoms with E-state index in [1.165, 1.54) is 6.33 Å². The molecular weight excluding hydrogens is 318 g/mol. The number of carbonyl (C=O) groups is 1. The van der Waals surface area contributed by atoms with Gasteiger partial charge < -0.3 is 15.0 Å². The molecule has 1 amide bonds. The monoisotopic (exact) mass is 341 g/mol. The summed E-state index contributed by atoms with van der Waals surface area (Å²) in [5.41, 5.74) is 1.20. The standard InChI is InChI=1S/C18H23N5O2/c1-22(15-5-3-2-4-6-15)18(24)16-13-17(21-14-20-16)19-7-8-23-9-11-25-12-10-23/h2-6,13-14H,7-12H2,1H3,(H,19,20,21). The minimum atomic E-state index is -0.162. The lowest BCUT2D eigenvalue weighted by Gasteiger charge is -2.26. The van der Waals surface area contributed by atoms with Crippen LogP contribution >= 0.6 is 0 Å². The Balaban J connectivity index is 1.58. The normalized spacial score (nSPS) is 14.9. The van der Waals surface area contributed by atoms with Gasteiger partial charge in [0.25, 0.3) is 5.91 Å². The molecule has 1 fully saturated rings. The average Bonchev–Trinajstić information content (AvgIpc) is 2.68. The molecule has 1 aliphatic heterocycles. The molecule has 0 bridgehead atoms. The molecular formula is C18H23N5O2. The summed E-state index contributed by atoms with van der Waals surface area (Å²) in [5, 5.41) is 3.26. The number of rotatable bonds is 6. The molecule has 1 aliphatic rings. The summed E-state index contributed by atoms with van der Waals surface area (Å²) in [6, 6.07) is 11.2. The summed E-state index contributed by atoms with van der Waals surface area (Å²) in [6.07, 6.45) is 1.42. The Labute approximate surface area is 147 Å². The highest BCUT2D eigenvalue weighted by Gasteiger charge is 2.15. The summed E-state index contributed by atoms with van der Waals surface area (Å²) in [7, 11) is 1.74. The van der Waals surface area contributed by atoms with Crippen molar-refractivity contribution in [3.8, 4) is 0 Å². The highest BCUT2D eigenvalue weighted by Crippen LogP contribution is 2.14. The molecule has 1 aromatic carbocycles. The van der Waals surface area contributed by atoms with Crippen LogP contribution in [0.3, 0.4) is 0 Å². The summed E-state index contributed by atoms with van der Waals surface area (Å²) in [5.74, 6) is 0.498. The molecule has 1 N–H and O–H groups in total. The minimum Gasteiger partial charge on any atom is -0.379 e. The Hall–Kier alpha value is -2.51. The molecule has 0 aliphatic carbocycles. The molecule has 0 spiro atoms. The molecule has 2 heterocycles. The van der Waals surface area contributed by atoms with Crippen molar-refractivity contribution < 1.29 is 9.53 Å². The Kier molecular flexibility index (Phi) is 5.92. The second kappa shape index (κ2) is 8.55. The van der Waals surface area contributed by atoms with Crippen molar-refractivity contribution in [2.75, 3.05) is 56.7 Å². The van der Waals surface area contributed by atoms with Gasteiger partial charge in [0.1, 0.15) is 17.8 Å². The number of amides is 1. The van der Waals surface area contributed by atoms with E-state index in [-0.39, 0.29) is 5.91 Å². The van der Waals surface area contributed by atoms with Crippen LogP contribution < -0.4 is 10.2 Å². The van der Waals surface area contributed by atoms with Gasteiger partial charge >= 0.3 is 0 Å². The van der Waals surface area contributed by atoms with Crippen molar-refractivity contribution in [1.29, 1.82) is 0 Å². The Morgan fingerprint density at radius 2 is 2.00 bits per heavy atom. The number of aromatic nitrogens is 2. The van der Waals surface area contributed by atoms with E-state index in [2.05, 4.69) is 20.2 Å². The third kappa shape index (κ3) is 4.74. The van der Waals surface area contributed by atoms with E-state index in [1.54, 1.807) is 18.0 Å². The molecule has 1 aromatic heterocycles. The number of morpholine rings is 1. The predicted molar refractivity (Wildman–Crippen MR) is 97.0 cm³/mol. The topological polar surface area (TPSA) is 70.6 Å². The number of ether oxygens (including phenoxy) is 1. The van der Waals surface area contributed by atoms with Gasteiger partial charge in [0.05, 0.1) is 13.2 Å². The minimum absolute atomic E-state index is 0.162. The van der Waals surface area contributed by atoms with E-state index in [1.807, 2.05) is 30.3 Å².